The van der Waals surface area contributed by atoms with Gasteiger partial charge in [0.05, 0.1) is 11.6 Å². The second-order valence-corrected chi connectivity index (χ2v) is 5.25. The van der Waals surface area contributed by atoms with Gasteiger partial charge in [-0.1, -0.05) is 19.9 Å². The standard InChI is InChI=1S/C13H18N2O3/c1-13(2,7-14)11(16)8-4-5-9-10(6-8)18-12(17)15(9)3/h4-6,11,16H,7,14H2,1-3H3. The zero-order valence-corrected chi connectivity index (χ0v) is 10.8. The highest BCUT2D eigenvalue weighted by Gasteiger charge is 2.28. The summed E-state index contributed by atoms with van der Waals surface area (Å²) in [5, 5.41) is 10.3. The van der Waals surface area contributed by atoms with Crippen LogP contribution in [0.5, 0.6) is 0 Å². The molecule has 0 saturated heterocycles. The lowest BCUT2D eigenvalue weighted by Crippen LogP contribution is -2.30. The molecule has 98 valence electrons. The van der Waals surface area contributed by atoms with Gasteiger partial charge in [0.25, 0.3) is 0 Å². The second-order valence-electron chi connectivity index (χ2n) is 5.25. The average Bonchev–Trinajstić information content (AvgIpc) is 2.63. The highest BCUT2D eigenvalue weighted by atomic mass is 16.4. The van der Waals surface area contributed by atoms with Gasteiger partial charge in [0.15, 0.2) is 5.58 Å². The van der Waals surface area contributed by atoms with Crippen molar-refractivity contribution in [3.05, 3.63) is 34.3 Å². The van der Waals surface area contributed by atoms with Crippen molar-refractivity contribution in [1.29, 1.82) is 0 Å². The summed E-state index contributed by atoms with van der Waals surface area (Å²) in [7, 11) is 1.65. The van der Waals surface area contributed by atoms with E-state index in [1.54, 1.807) is 25.2 Å². The van der Waals surface area contributed by atoms with Gasteiger partial charge in [0, 0.05) is 19.0 Å². The number of nitrogens with zero attached hydrogens (tertiary/aromatic N) is 1. The molecule has 1 unspecified atom stereocenters. The number of hydrogen-bond acceptors (Lipinski definition) is 4. The number of aryl methyl sites for hydroxylation is 1. The minimum atomic E-state index is -0.697. The Morgan fingerprint density at radius 2 is 2.17 bits per heavy atom. The van der Waals surface area contributed by atoms with Crippen molar-refractivity contribution in [3.8, 4) is 0 Å². The van der Waals surface area contributed by atoms with Crippen LogP contribution >= 0.6 is 0 Å². The van der Waals surface area contributed by atoms with Crippen molar-refractivity contribution < 1.29 is 9.52 Å². The van der Waals surface area contributed by atoms with Crippen LogP contribution in [0.4, 0.5) is 0 Å². The van der Waals surface area contributed by atoms with Gasteiger partial charge in [-0.3, -0.25) is 4.57 Å². The smallest absolute Gasteiger partial charge is 0.408 e. The number of hydrogen-bond donors (Lipinski definition) is 2. The van der Waals surface area contributed by atoms with Gasteiger partial charge in [0.1, 0.15) is 0 Å². The lowest BCUT2D eigenvalue weighted by molar-refractivity contribution is 0.0556. The van der Waals surface area contributed by atoms with Crippen LogP contribution in [0.1, 0.15) is 25.5 Å². The fourth-order valence-corrected chi connectivity index (χ4v) is 1.88. The first kappa shape index (κ1) is 12.9. The van der Waals surface area contributed by atoms with Gasteiger partial charge in [-0.2, -0.15) is 0 Å². The van der Waals surface area contributed by atoms with Gasteiger partial charge < -0.3 is 15.3 Å². The first-order valence-electron chi connectivity index (χ1n) is 5.84. The Morgan fingerprint density at radius 3 is 2.78 bits per heavy atom. The fourth-order valence-electron chi connectivity index (χ4n) is 1.88. The van der Waals surface area contributed by atoms with E-state index in [0.717, 1.165) is 0 Å². The predicted molar refractivity (Wildman–Crippen MR) is 69.3 cm³/mol. The number of aliphatic hydroxyl groups excluding tert-OH is 1. The molecule has 0 fully saturated rings. The van der Waals surface area contributed by atoms with Crippen LogP contribution in [-0.2, 0) is 7.05 Å². The molecule has 1 aromatic heterocycles. The molecule has 5 heteroatoms. The minimum Gasteiger partial charge on any atom is -0.408 e. The molecule has 1 atom stereocenters. The molecule has 2 aromatic rings. The van der Waals surface area contributed by atoms with E-state index in [0.29, 0.717) is 23.2 Å². The van der Waals surface area contributed by atoms with E-state index < -0.39 is 17.3 Å². The molecular weight excluding hydrogens is 232 g/mol. The number of aliphatic hydroxyl groups is 1. The number of aromatic nitrogens is 1. The lowest BCUT2D eigenvalue weighted by Gasteiger charge is -2.29. The molecule has 0 radical (unpaired) electrons. The zero-order chi connectivity index (χ0) is 13.5. The average molecular weight is 250 g/mol. The quantitative estimate of drug-likeness (QED) is 0.856. The van der Waals surface area contributed by atoms with Crippen molar-refractivity contribution in [2.24, 2.45) is 18.2 Å². The first-order valence-corrected chi connectivity index (χ1v) is 5.84. The number of oxazole rings is 1. The number of fused-ring (bicyclic) bond motifs is 1. The molecule has 0 aliphatic carbocycles. The van der Waals surface area contributed by atoms with E-state index in [4.69, 9.17) is 10.2 Å². The summed E-state index contributed by atoms with van der Waals surface area (Å²) in [6, 6.07) is 5.25. The summed E-state index contributed by atoms with van der Waals surface area (Å²) in [5.74, 6) is -0.408. The van der Waals surface area contributed by atoms with E-state index >= 15 is 0 Å². The van der Waals surface area contributed by atoms with Gasteiger partial charge >= 0.3 is 5.76 Å². The van der Waals surface area contributed by atoms with Crippen molar-refractivity contribution in [1.82, 2.24) is 4.57 Å². The van der Waals surface area contributed by atoms with Crippen LogP contribution < -0.4 is 11.5 Å². The van der Waals surface area contributed by atoms with E-state index in [1.807, 2.05) is 13.8 Å². The molecule has 5 nitrogen and oxygen atoms in total. The van der Waals surface area contributed by atoms with E-state index in [-0.39, 0.29) is 0 Å². The molecule has 0 bridgehead atoms. The second kappa shape index (κ2) is 4.26. The number of nitrogens with two attached hydrogens (primary N) is 1. The molecule has 0 saturated carbocycles. The van der Waals surface area contributed by atoms with E-state index in [1.165, 1.54) is 4.57 Å². The van der Waals surface area contributed by atoms with Crippen LogP contribution in [0.2, 0.25) is 0 Å². The Morgan fingerprint density at radius 1 is 1.50 bits per heavy atom. The molecule has 0 aliphatic rings. The van der Waals surface area contributed by atoms with Crippen LogP contribution in [0, 0.1) is 5.41 Å². The fraction of sp³-hybridized carbons (Fsp3) is 0.462. The maximum absolute atomic E-state index is 11.4. The topological polar surface area (TPSA) is 81.4 Å². The zero-order valence-electron chi connectivity index (χ0n) is 10.8. The highest BCUT2D eigenvalue weighted by molar-refractivity contribution is 5.73. The maximum Gasteiger partial charge on any atom is 0.419 e. The first-order chi connectivity index (χ1) is 8.36. The van der Waals surface area contributed by atoms with Gasteiger partial charge in [-0.15, -0.1) is 0 Å². The van der Waals surface area contributed by atoms with Crippen molar-refractivity contribution in [2.75, 3.05) is 6.54 Å². The molecule has 0 spiro atoms. The van der Waals surface area contributed by atoms with Gasteiger partial charge in [-0.25, -0.2) is 4.79 Å². The molecule has 0 aliphatic heterocycles. The van der Waals surface area contributed by atoms with Gasteiger partial charge in [0.2, 0.25) is 0 Å². The van der Waals surface area contributed by atoms with Crippen LogP contribution in [0.25, 0.3) is 11.1 Å². The molecule has 2 rings (SSSR count). The van der Waals surface area contributed by atoms with Crippen molar-refractivity contribution in [2.45, 2.75) is 20.0 Å². The van der Waals surface area contributed by atoms with Crippen LogP contribution in [-0.4, -0.2) is 16.2 Å². The van der Waals surface area contributed by atoms with E-state index in [9.17, 15) is 9.90 Å². The third-order valence-electron chi connectivity index (χ3n) is 3.40. The third-order valence-corrected chi connectivity index (χ3v) is 3.40. The summed E-state index contributed by atoms with van der Waals surface area (Å²) in [6.07, 6.45) is -0.697. The Labute approximate surface area is 105 Å². The highest BCUT2D eigenvalue weighted by Crippen LogP contribution is 2.33. The summed E-state index contributed by atoms with van der Waals surface area (Å²) in [4.78, 5) is 11.4. The van der Waals surface area contributed by atoms with Crippen molar-refractivity contribution in [3.63, 3.8) is 0 Å². The Hall–Kier alpha value is -1.59. The summed E-state index contributed by atoms with van der Waals surface area (Å²) >= 11 is 0. The molecular formula is C13H18N2O3. The predicted octanol–water partition coefficient (Wildman–Crippen LogP) is 1.15. The maximum atomic E-state index is 11.4. The third kappa shape index (κ3) is 1.95. The molecule has 1 heterocycles. The Balaban J connectivity index is 2.51. The van der Waals surface area contributed by atoms with Gasteiger partial charge in [-0.05, 0) is 17.7 Å². The minimum absolute atomic E-state index is 0.366. The van der Waals surface area contributed by atoms with Crippen LogP contribution in [0.15, 0.2) is 27.4 Å². The molecule has 3 N–H and O–H groups in total. The summed E-state index contributed by atoms with van der Waals surface area (Å²) in [6.45, 7) is 4.15. The van der Waals surface area contributed by atoms with Crippen LogP contribution in [0.3, 0.4) is 0 Å². The SMILES string of the molecule is Cn1c(=O)oc2cc(C(O)C(C)(C)CN)ccc21. The molecule has 18 heavy (non-hydrogen) atoms. The summed E-state index contributed by atoms with van der Waals surface area (Å²) in [5.41, 5.74) is 7.11. The summed E-state index contributed by atoms with van der Waals surface area (Å²) < 4.78 is 6.53. The van der Waals surface area contributed by atoms with Crippen molar-refractivity contribution >= 4 is 11.1 Å². The number of benzene rings is 1. The largest absolute Gasteiger partial charge is 0.419 e. The monoisotopic (exact) mass is 250 g/mol. The Bertz CT molecular complexity index is 625. The molecule has 0 amide bonds. The Kier molecular flexibility index (Phi) is 3.04. The number of rotatable bonds is 3. The lowest BCUT2D eigenvalue weighted by atomic mass is 9.83. The normalized spacial score (nSPS) is 14.1. The van der Waals surface area contributed by atoms with E-state index in [2.05, 4.69) is 0 Å². The molecule has 1 aromatic carbocycles.